The monoisotopic (exact) mass is 333 g/mol. The topological polar surface area (TPSA) is 65.8 Å². The number of rotatable bonds is 4. The lowest BCUT2D eigenvalue weighted by atomic mass is 10.1. The minimum absolute atomic E-state index is 0.167. The summed E-state index contributed by atoms with van der Waals surface area (Å²) in [5.74, 6) is 2.62. The normalized spacial score (nSPS) is 16.0. The van der Waals surface area contributed by atoms with Crippen LogP contribution in [0.25, 0.3) is 0 Å². The van der Waals surface area contributed by atoms with Gasteiger partial charge in [0, 0.05) is 12.4 Å². The van der Waals surface area contributed by atoms with Gasteiger partial charge >= 0.3 is 0 Å². The predicted octanol–water partition coefficient (Wildman–Crippen LogP) is 4.12. The van der Waals surface area contributed by atoms with Crippen molar-refractivity contribution in [3.05, 3.63) is 78.9 Å². The highest BCUT2D eigenvalue weighted by atomic mass is 16.7. The average molecular weight is 333 g/mol. The quantitative estimate of drug-likeness (QED) is 0.718. The van der Waals surface area contributed by atoms with Gasteiger partial charge in [-0.1, -0.05) is 17.3 Å². The molecule has 1 aromatic carbocycles. The number of ether oxygens (including phenoxy) is 2. The molecule has 3 aromatic rings. The number of aromatic nitrogens is 2. The maximum atomic E-state index is 5.73. The van der Waals surface area contributed by atoms with Crippen molar-refractivity contribution in [1.82, 2.24) is 9.97 Å². The molecule has 0 spiro atoms. The van der Waals surface area contributed by atoms with E-state index in [4.69, 9.17) is 14.3 Å². The van der Waals surface area contributed by atoms with E-state index in [-0.39, 0.29) is 6.10 Å². The molecule has 3 heterocycles. The Morgan fingerprint density at radius 3 is 2.12 bits per heavy atom. The molecule has 2 aromatic heterocycles. The van der Waals surface area contributed by atoms with Crippen LogP contribution in [0, 0.1) is 0 Å². The first-order valence-corrected chi connectivity index (χ1v) is 7.85. The molecule has 1 atom stereocenters. The van der Waals surface area contributed by atoms with Crippen LogP contribution in [0.15, 0.2) is 78.5 Å². The molecule has 4 rings (SSSR count). The average Bonchev–Trinajstić information content (AvgIpc) is 3.12. The molecule has 0 aliphatic carbocycles. The van der Waals surface area contributed by atoms with E-state index in [0.29, 0.717) is 23.8 Å². The maximum Gasteiger partial charge on any atom is 0.235 e. The van der Waals surface area contributed by atoms with Crippen molar-refractivity contribution < 1.29 is 14.3 Å². The van der Waals surface area contributed by atoms with Crippen LogP contribution in [0.4, 0.5) is 0 Å². The van der Waals surface area contributed by atoms with Crippen LogP contribution >= 0.6 is 0 Å². The lowest BCUT2D eigenvalue weighted by Gasteiger charge is -2.10. The van der Waals surface area contributed by atoms with Gasteiger partial charge in [0.1, 0.15) is 17.2 Å². The van der Waals surface area contributed by atoms with Crippen LogP contribution in [0.3, 0.4) is 0 Å². The number of nitrogens with zero attached hydrogens (tertiary/aromatic N) is 3. The lowest BCUT2D eigenvalue weighted by molar-refractivity contribution is 0.0855. The van der Waals surface area contributed by atoms with Crippen molar-refractivity contribution in [3.8, 4) is 17.2 Å². The minimum atomic E-state index is -0.167. The standard InChI is InChI=1S/C19H15N3O3/c1-3-16(12-20-9-1)23-15-7-5-14(6-8-15)18-11-19(22-25-18)24-17-4-2-10-21-13-17/h1-10,12-13,18H,11H2. The molecule has 1 unspecified atom stereocenters. The zero-order valence-electron chi connectivity index (χ0n) is 13.3. The van der Waals surface area contributed by atoms with Crippen LogP contribution in [0.5, 0.6) is 17.2 Å². The molecule has 1 aliphatic heterocycles. The molecule has 124 valence electrons. The molecular formula is C19H15N3O3. The van der Waals surface area contributed by atoms with Crippen LogP contribution in [-0.4, -0.2) is 15.9 Å². The minimum Gasteiger partial charge on any atom is -0.456 e. The Morgan fingerprint density at radius 1 is 0.800 bits per heavy atom. The fourth-order valence-electron chi connectivity index (χ4n) is 2.43. The zero-order chi connectivity index (χ0) is 16.9. The fourth-order valence-corrected chi connectivity index (χ4v) is 2.43. The summed E-state index contributed by atoms with van der Waals surface area (Å²) in [6.07, 6.45) is 7.11. The molecule has 6 nitrogen and oxygen atoms in total. The van der Waals surface area contributed by atoms with E-state index in [0.717, 1.165) is 11.3 Å². The summed E-state index contributed by atoms with van der Waals surface area (Å²) in [6.45, 7) is 0. The second-order valence-corrected chi connectivity index (χ2v) is 5.43. The Labute approximate surface area is 144 Å². The van der Waals surface area contributed by atoms with E-state index < -0.39 is 0 Å². The number of hydrogen-bond acceptors (Lipinski definition) is 6. The molecule has 0 bridgehead atoms. The Morgan fingerprint density at radius 2 is 1.48 bits per heavy atom. The predicted molar refractivity (Wildman–Crippen MR) is 91.5 cm³/mol. The molecule has 0 saturated heterocycles. The third kappa shape index (κ3) is 3.74. The first kappa shape index (κ1) is 15.1. The largest absolute Gasteiger partial charge is 0.456 e. The summed E-state index contributed by atoms with van der Waals surface area (Å²) in [5.41, 5.74) is 1.01. The number of hydrogen-bond donors (Lipinski definition) is 0. The molecule has 25 heavy (non-hydrogen) atoms. The van der Waals surface area contributed by atoms with E-state index in [1.165, 1.54) is 0 Å². The van der Waals surface area contributed by atoms with Crippen molar-refractivity contribution >= 4 is 5.90 Å². The van der Waals surface area contributed by atoms with Gasteiger partial charge in [0.25, 0.3) is 0 Å². The molecule has 0 amide bonds. The van der Waals surface area contributed by atoms with Gasteiger partial charge in [-0.05, 0) is 42.0 Å². The van der Waals surface area contributed by atoms with Gasteiger partial charge in [-0.25, -0.2) is 0 Å². The summed E-state index contributed by atoms with van der Waals surface area (Å²) >= 11 is 0. The Kier molecular flexibility index (Phi) is 4.24. The van der Waals surface area contributed by atoms with Gasteiger partial charge in [-0.2, -0.15) is 0 Å². The third-order valence-corrected chi connectivity index (χ3v) is 3.63. The van der Waals surface area contributed by atoms with Gasteiger partial charge in [0.15, 0.2) is 6.10 Å². The maximum absolute atomic E-state index is 5.73. The molecular weight excluding hydrogens is 318 g/mol. The van der Waals surface area contributed by atoms with Gasteiger partial charge in [0.2, 0.25) is 5.90 Å². The van der Waals surface area contributed by atoms with E-state index in [9.17, 15) is 0 Å². The van der Waals surface area contributed by atoms with Gasteiger partial charge in [0.05, 0.1) is 18.8 Å². The van der Waals surface area contributed by atoms with Gasteiger partial charge in [-0.3, -0.25) is 9.97 Å². The number of pyridine rings is 2. The van der Waals surface area contributed by atoms with Gasteiger partial charge in [-0.15, -0.1) is 0 Å². The summed E-state index contributed by atoms with van der Waals surface area (Å²) < 4.78 is 11.4. The van der Waals surface area contributed by atoms with Crippen molar-refractivity contribution in [3.63, 3.8) is 0 Å². The summed E-state index contributed by atoms with van der Waals surface area (Å²) in [6, 6.07) is 15.0. The van der Waals surface area contributed by atoms with Crippen molar-refractivity contribution in [2.45, 2.75) is 12.5 Å². The number of oxime groups is 1. The summed E-state index contributed by atoms with van der Waals surface area (Å²) in [7, 11) is 0. The SMILES string of the molecule is c1cncc(OC2=NOC(c3ccc(Oc4cccnc4)cc3)C2)c1. The van der Waals surface area contributed by atoms with E-state index in [2.05, 4.69) is 15.1 Å². The highest BCUT2D eigenvalue weighted by molar-refractivity contribution is 5.79. The molecule has 6 heteroatoms. The molecule has 0 N–H and O–H groups in total. The number of benzene rings is 1. The van der Waals surface area contributed by atoms with Crippen molar-refractivity contribution in [2.75, 3.05) is 0 Å². The summed E-state index contributed by atoms with van der Waals surface area (Å²) in [4.78, 5) is 13.5. The third-order valence-electron chi connectivity index (χ3n) is 3.63. The second kappa shape index (κ2) is 7.00. The Hall–Kier alpha value is -3.41. The lowest BCUT2D eigenvalue weighted by Crippen LogP contribution is -2.07. The first-order chi connectivity index (χ1) is 12.4. The fraction of sp³-hybridized carbons (Fsp3) is 0.105. The highest BCUT2D eigenvalue weighted by Gasteiger charge is 2.24. The molecule has 1 aliphatic rings. The van der Waals surface area contributed by atoms with Crippen LogP contribution < -0.4 is 9.47 Å². The Bertz CT molecular complexity index is 852. The first-order valence-electron chi connectivity index (χ1n) is 7.85. The second-order valence-electron chi connectivity index (χ2n) is 5.43. The van der Waals surface area contributed by atoms with E-state index >= 15 is 0 Å². The van der Waals surface area contributed by atoms with Crippen LogP contribution in [0.1, 0.15) is 18.1 Å². The van der Waals surface area contributed by atoms with Crippen molar-refractivity contribution in [2.24, 2.45) is 5.16 Å². The molecule has 0 saturated carbocycles. The van der Waals surface area contributed by atoms with Crippen molar-refractivity contribution in [1.29, 1.82) is 0 Å². The highest BCUT2D eigenvalue weighted by Crippen LogP contribution is 2.30. The zero-order valence-corrected chi connectivity index (χ0v) is 13.3. The van der Waals surface area contributed by atoms with E-state index in [1.807, 2.05) is 48.5 Å². The van der Waals surface area contributed by atoms with Gasteiger partial charge < -0.3 is 14.3 Å². The molecule has 0 radical (unpaired) electrons. The smallest absolute Gasteiger partial charge is 0.235 e. The van der Waals surface area contributed by atoms with Crippen LogP contribution in [-0.2, 0) is 4.84 Å². The van der Waals surface area contributed by atoms with E-state index in [1.54, 1.807) is 24.8 Å². The summed E-state index contributed by atoms with van der Waals surface area (Å²) in [5, 5.41) is 4.01. The molecule has 0 fully saturated rings. The van der Waals surface area contributed by atoms with Crippen LogP contribution in [0.2, 0.25) is 0 Å². The Balaban J connectivity index is 1.37.